The maximum atomic E-state index is 12.9. The second-order valence-electron chi connectivity index (χ2n) is 8.69. The van der Waals surface area contributed by atoms with Gasteiger partial charge in [-0.2, -0.15) is 0 Å². The number of ether oxygens (including phenoxy) is 4. The van der Waals surface area contributed by atoms with Gasteiger partial charge in [-0.05, 0) is 55.6 Å². The molecule has 1 fully saturated rings. The molecule has 0 radical (unpaired) electrons. The van der Waals surface area contributed by atoms with Crippen LogP contribution >= 0.6 is 11.6 Å². The Kier molecular flexibility index (Phi) is 9.86. The van der Waals surface area contributed by atoms with Crippen molar-refractivity contribution in [2.24, 2.45) is 5.92 Å². The molecule has 1 heterocycles. The third kappa shape index (κ3) is 7.52. The zero-order valence-corrected chi connectivity index (χ0v) is 21.0. The number of likely N-dealkylation sites (tertiary alicyclic amines) is 1. The van der Waals surface area contributed by atoms with Crippen molar-refractivity contribution in [1.82, 2.24) is 4.90 Å². The molecule has 0 aliphatic carbocycles. The van der Waals surface area contributed by atoms with Crippen LogP contribution in [0, 0.1) is 5.92 Å². The van der Waals surface area contributed by atoms with Gasteiger partial charge in [-0.15, -0.1) is 0 Å². The van der Waals surface area contributed by atoms with E-state index in [1.54, 1.807) is 39.5 Å². The fourth-order valence-corrected chi connectivity index (χ4v) is 4.42. The predicted octanol–water partition coefficient (Wildman–Crippen LogP) is 4.38. The largest absolute Gasteiger partial charge is 0.497 e. The molecule has 2 aromatic rings. The van der Waals surface area contributed by atoms with Gasteiger partial charge >= 0.3 is 0 Å². The molecular formula is C26H35ClN2O5. The number of ketones is 1. The molecular weight excluding hydrogens is 456 g/mol. The van der Waals surface area contributed by atoms with Crippen molar-refractivity contribution >= 4 is 23.1 Å². The summed E-state index contributed by atoms with van der Waals surface area (Å²) in [6.07, 6.45) is 2.88. The lowest BCUT2D eigenvalue weighted by molar-refractivity contribution is -0.119. The lowest BCUT2D eigenvalue weighted by Gasteiger charge is -2.31. The number of anilines is 1. The minimum Gasteiger partial charge on any atom is -0.497 e. The van der Waals surface area contributed by atoms with Crippen LogP contribution in [0.2, 0.25) is 5.02 Å². The molecule has 0 atom stereocenters. The fourth-order valence-electron chi connectivity index (χ4n) is 4.23. The second-order valence-corrected chi connectivity index (χ2v) is 9.10. The van der Waals surface area contributed by atoms with Crippen molar-refractivity contribution in [2.75, 3.05) is 53.3 Å². The first-order chi connectivity index (χ1) is 16.4. The second kappa shape index (κ2) is 12.8. The number of nitrogens with two attached hydrogens (primary N) is 1. The molecule has 3 rings (SSSR count). The normalized spacial score (nSPS) is 14.7. The zero-order chi connectivity index (χ0) is 24.5. The molecule has 1 aliphatic rings. The van der Waals surface area contributed by atoms with Crippen LogP contribution in [-0.2, 0) is 22.6 Å². The monoisotopic (exact) mass is 490 g/mol. The van der Waals surface area contributed by atoms with E-state index in [1.807, 2.05) is 12.1 Å². The Morgan fingerprint density at radius 3 is 2.35 bits per heavy atom. The summed E-state index contributed by atoms with van der Waals surface area (Å²) in [7, 11) is 4.93. The van der Waals surface area contributed by atoms with Gasteiger partial charge in [0.1, 0.15) is 29.6 Å². The number of carbonyl (C=O) groups excluding carboxylic acids is 1. The first-order valence-electron chi connectivity index (χ1n) is 11.6. The van der Waals surface area contributed by atoms with E-state index in [9.17, 15) is 4.79 Å². The average Bonchev–Trinajstić information content (AvgIpc) is 2.84. The first kappa shape index (κ1) is 26.1. The summed E-state index contributed by atoms with van der Waals surface area (Å²) in [4.78, 5) is 15.3. The quantitative estimate of drug-likeness (QED) is 0.442. The van der Waals surface area contributed by atoms with Crippen LogP contribution in [0.3, 0.4) is 0 Å². The minimum absolute atomic E-state index is 0.184. The molecule has 0 aromatic heterocycles. The number of piperidine rings is 1. The lowest BCUT2D eigenvalue weighted by Crippen LogP contribution is -2.36. The molecule has 1 saturated heterocycles. The molecule has 34 heavy (non-hydrogen) atoms. The van der Waals surface area contributed by atoms with Gasteiger partial charge in [0, 0.05) is 44.2 Å². The van der Waals surface area contributed by atoms with Crippen LogP contribution in [0.15, 0.2) is 30.3 Å². The maximum absolute atomic E-state index is 12.9. The number of carbonyl (C=O) groups is 1. The van der Waals surface area contributed by atoms with Crippen LogP contribution in [0.4, 0.5) is 5.69 Å². The van der Waals surface area contributed by atoms with Crippen LogP contribution < -0.4 is 19.9 Å². The van der Waals surface area contributed by atoms with E-state index in [-0.39, 0.29) is 18.8 Å². The number of hydrogen-bond donors (Lipinski definition) is 1. The smallest absolute Gasteiger partial charge is 0.137 e. The maximum Gasteiger partial charge on any atom is 0.137 e. The predicted molar refractivity (Wildman–Crippen MR) is 134 cm³/mol. The number of benzene rings is 2. The zero-order valence-electron chi connectivity index (χ0n) is 20.3. The summed E-state index contributed by atoms with van der Waals surface area (Å²) >= 11 is 6.27. The number of halogens is 1. The Morgan fingerprint density at radius 2 is 1.74 bits per heavy atom. The van der Waals surface area contributed by atoms with Gasteiger partial charge in [0.15, 0.2) is 0 Å². The summed E-state index contributed by atoms with van der Waals surface area (Å²) in [5.41, 5.74) is 8.07. The van der Waals surface area contributed by atoms with Gasteiger partial charge in [-0.1, -0.05) is 11.6 Å². The Morgan fingerprint density at radius 1 is 1.06 bits per heavy atom. The van der Waals surface area contributed by atoms with Gasteiger partial charge < -0.3 is 29.6 Å². The number of hydrogen-bond acceptors (Lipinski definition) is 7. The van der Waals surface area contributed by atoms with Crippen molar-refractivity contribution < 1.29 is 23.7 Å². The molecule has 0 bridgehead atoms. The lowest BCUT2D eigenvalue weighted by atomic mass is 9.90. The number of rotatable bonds is 12. The fraction of sp³-hybridized carbons (Fsp3) is 0.500. The summed E-state index contributed by atoms with van der Waals surface area (Å²) in [6, 6.07) is 8.99. The molecule has 2 N–H and O–H groups in total. The first-order valence-corrected chi connectivity index (χ1v) is 11.9. The van der Waals surface area contributed by atoms with Crippen LogP contribution in [0.1, 0.15) is 30.4 Å². The van der Waals surface area contributed by atoms with Crippen LogP contribution in [0.25, 0.3) is 0 Å². The Balaban J connectivity index is 1.63. The Labute approximate surface area is 207 Å². The van der Waals surface area contributed by atoms with E-state index in [0.717, 1.165) is 50.2 Å². The summed E-state index contributed by atoms with van der Waals surface area (Å²) in [5, 5.41) is 0.421. The van der Waals surface area contributed by atoms with Crippen molar-refractivity contribution in [3.05, 3.63) is 46.5 Å². The number of Topliss-reactive ketones (excluding diaryl/α,β-unsaturated/α-hetero) is 1. The molecule has 0 amide bonds. The van der Waals surface area contributed by atoms with Crippen LogP contribution in [0.5, 0.6) is 17.2 Å². The summed E-state index contributed by atoms with van der Waals surface area (Å²) in [5.74, 6) is 2.51. The van der Waals surface area contributed by atoms with Crippen molar-refractivity contribution in [3.8, 4) is 17.2 Å². The van der Waals surface area contributed by atoms with Crippen molar-refractivity contribution in [3.63, 3.8) is 0 Å². The molecule has 1 aliphatic heterocycles. The number of nitrogen functional groups attached to an aromatic ring is 1. The topological polar surface area (TPSA) is 83.3 Å². The van der Waals surface area contributed by atoms with E-state index < -0.39 is 0 Å². The minimum atomic E-state index is 0.184. The highest BCUT2D eigenvalue weighted by Gasteiger charge is 2.22. The van der Waals surface area contributed by atoms with E-state index in [1.165, 1.54) is 0 Å². The third-order valence-corrected chi connectivity index (χ3v) is 6.54. The van der Waals surface area contributed by atoms with Crippen molar-refractivity contribution in [1.29, 1.82) is 0 Å². The van der Waals surface area contributed by atoms with Gasteiger partial charge in [0.05, 0.1) is 31.5 Å². The van der Waals surface area contributed by atoms with E-state index in [2.05, 4.69) is 4.90 Å². The Bertz CT molecular complexity index is 938. The molecule has 8 heteroatoms. The molecule has 7 nitrogen and oxygen atoms in total. The van der Waals surface area contributed by atoms with E-state index in [0.29, 0.717) is 40.3 Å². The molecule has 0 unspecified atom stereocenters. The molecule has 186 valence electrons. The number of nitrogens with zero attached hydrogens (tertiary/aromatic N) is 1. The molecule has 0 spiro atoms. The highest BCUT2D eigenvalue weighted by Crippen LogP contribution is 2.32. The van der Waals surface area contributed by atoms with E-state index in [4.69, 9.17) is 36.3 Å². The average molecular weight is 491 g/mol. The molecule has 2 aromatic carbocycles. The van der Waals surface area contributed by atoms with E-state index >= 15 is 0 Å². The van der Waals surface area contributed by atoms with Crippen LogP contribution in [-0.4, -0.2) is 58.3 Å². The SMILES string of the molecule is COCCN1CCC(CC(=O)Cc2cc(Cl)c(N)cc2OCc2cc(OC)cc(OC)c2)CC1. The van der Waals surface area contributed by atoms with Gasteiger partial charge in [-0.3, -0.25) is 4.79 Å². The van der Waals surface area contributed by atoms with Gasteiger partial charge in [-0.25, -0.2) is 0 Å². The standard InChI is InChI=1S/C26H35ClN2O5/c1-31-9-8-29-6-4-18(5-7-29)10-21(30)13-20-14-24(27)25(28)16-26(20)34-17-19-11-22(32-2)15-23(12-19)33-3/h11-12,14-16,18H,4-10,13,17,28H2,1-3H3. The summed E-state index contributed by atoms with van der Waals surface area (Å²) < 4.78 is 21.9. The number of methoxy groups -OCH3 is 3. The Hall–Kier alpha value is -2.48. The van der Waals surface area contributed by atoms with Gasteiger partial charge in [0.25, 0.3) is 0 Å². The highest BCUT2D eigenvalue weighted by atomic mass is 35.5. The van der Waals surface area contributed by atoms with Crippen molar-refractivity contribution in [2.45, 2.75) is 32.3 Å². The van der Waals surface area contributed by atoms with Gasteiger partial charge in [0.2, 0.25) is 0 Å². The summed E-state index contributed by atoms with van der Waals surface area (Å²) in [6.45, 7) is 3.98. The molecule has 0 saturated carbocycles. The third-order valence-electron chi connectivity index (χ3n) is 6.21. The highest BCUT2D eigenvalue weighted by molar-refractivity contribution is 6.33.